The van der Waals surface area contributed by atoms with Gasteiger partial charge in [-0.15, -0.1) is 0 Å². The van der Waals surface area contributed by atoms with Crippen molar-refractivity contribution in [2.24, 2.45) is 11.8 Å². The third kappa shape index (κ3) is 4.66. The van der Waals surface area contributed by atoms with Gasteiger partial charge in [-0.1, -0.05) is 13.0 Å². The van der Waals surface area contributed by atoms with Crippen molar-refractivity contribution in [1.82, 2.24) is 20.2 Å². The molecule has 6 heteroatoms. The molecule has 1 aromatic heterocycles. The Labute approximate surface area is 147 Å². The number of nitrogens with zero attached hydrogens (tertiary/aromatic N) is 2. The molecule has 2 N–H and O–H groups in total. The Kier molecular flexibility index (Phi) is 5.81. The van der Waals surface area contributed by atoms with E-state index in [2.05, 4.69) is 22.5 Å². The van der Waals surface area contributed by atoms with Crippen molar-refractivity contribution in [3.05, 3.63) is 48.3 Å². The Bertz CT molecular complexity index is 695. The number of amides is 1. The highest BCUT2D eigenvalue weighted by molar-refractivity contribution is 5.76. The molecule has 3 rings (SSSR count). The molecule has 1 aliphatic heterocycles. The lowest BCUT2D eigenvalue weighted by atomic mass is 9.85. The minimum absolute atomic E-state index is 0.0252. The van der Waals surface area contributed by atoms with Gasteiger partial charge in [0.1, 0.15) is 5.82 Å². The van der Waals surface area contributed by atoms with E-state index in [1.807, 2.05) is 6.07 Å². The van der Waals surface area contributed by atoms with E-state index in [-0.39, 0.29) is 11.7 Å². The molecule has 5 nitrogen and oxygen atoms in total. The average molecular weight is 344 g/mol. The second-order valence-corrected chi connectivity index (χ2v) is 6.82. The van der Waals surface area contributed by atoms with Crippen LogP contribution in [0, 0.1) is 17.7 Å². The fourth-order valence-corrected chi connectivity index (χ4v) is 3.37. The van der Waals surface area contributed by atoms with Gasteiger partial charge < -0.3 is 15.2 Å². The van der Waals surface area contributed by atoms with Crippen LogP contribution < -0.4 is 10.6 Å². The number of halogens is 1. The Balaban J connectivity index is 1.51. The maximum atomic E-state index is 14.2. The summed E-state index contributed by atoms with van der Waals surface area (Å²) < 4.78 is 15.8. The molecule has 0 spiro atoms. The molecule has 1 saturated heterocycles. The Hall–Kier alpha value is -2.21. The molecule has 1 aromatic carbocycles. The van der Waals surface area contributed by atoms with Crippen LogP contribution in [0.4, 0.5) is 4.39 Å². The zero-order valence-corrected chi connectivity index (χ0v) is 14.5. The number of benzene rings is 1. The minimum Gasteiger partial charge on any atom is -0.352 e. The molecule has 1 aliphatic rings. The predicted octanol–water partition coefficient (Wildman–Crippen LogP) is 2.65. The minimum atomic E-state index is -0.327. The van der Waals surface area contributed by atoms with Gasteiger partial charge >= 0.3 is 0 Å². The Morgan fingerprint density at radius 2 is 2.40 bits per heavy atom. The van der Waals surface area contributed by atoms with Gasteiger partial charge in [0.15, 0.2) is 0 Å². The van der Waals surface area contributed by atoms with Gasteiger partial charge in [-0.3, -0.25) is 4.79 Å². The molecule has 2 atom stereocenters. The Morgan fingerprint density at radius 3 is 3.08 bits per heavy atom. The third-order valence-corrected chi connectivity index (χ3v) is 4.93. The molecule has 1 fully saturated rings. The molecule has 134 valence electrons. The summed E-state index contributed by atoms with van der Waals surface area (Å²) in [5.41, 5.74) is 1.20. The fourth-order valence-electron chi connectivity index (χ4n) is 3.37. The number of hydrogen-bond acceptors (Lipinski definition) is 3. The van der Waals surface area contributed by atoms with Crippen LogP contribution in [0.2, 0.25) is 0 Å². The maximum absolute atomic E-state index is 14.2. The first-order chi connectivity index (χ1) is 12.1. The number of aromatic nitrogens is 2. The van der Waals surface area contributed by atoms with E-state index >= 15 is 0 Å². The number of piperidine rings is 1. The molecule has 0 radical (unpaired) electrons. The van der Waals surface area contributed by atoms with Crippen molar-refractivity contribution in [3.8, 4) is 5.69 Å². The largest absolute Gasteiger partial charge is 0.352 e. The van der Waals surface area contributed by atoms with Crippen LogP contribution in [0.15, 0.2) is 36.9 Å². The summed E-state index contributed by atoms with van der Waals surface area (Å²) >= 11 is 0. The second kappa shape index (κ2) is 8.25. The summed E-state index contributed by atoms with van der Waals surface area (Å²) in [7, 11) is 0. The number of nitrogens with one attached hydrogen (secondary N) is 2. The predicted molar refractivity (Wildman–Crippen MR) is 94.7 cm³/mol. The molecule has 1 amide bonds. The highest BCUT2D eigenvalue weighted by Crippen LogP contribution is 2.22. The Morgan fingerprint density at radius 1 is 1.52 bits per heavy atom. The van der Waals surface area contributed by atoms with E-state index in [0.717, 1.165) is 18.7 Å². The van der Waals surface area contributed by atoms with Crippen LogP contribution in [0.1, 0.15) is 31.7 Å². The summed E-state index contributed by atoms with van der Waals surface area (Å²) in [4.78, 5) is 16.1. The van der Waals surface area contributed by atoms with E-state index in [4.69, 9.17) is 0 Å². The average Bonchev–Trinajstić information content (AvgIpc) is 3.15. The van der Waals surface area contributed by atoms with Crippen LogP contribution in [-0.4, -0.2) is 28.5 Å². The first-order valence-electron chi connectivity index (χ1n) is 8.87. The van der Waals surface area contributed by atoms with Crippen molar-refractivity contribution < 1.29 is 9.18 Å². The van der Waals surface area contributed by atoms with Crippen molar-refractivity contribution >= 4 is 5.91 Å². The number of hydrogen-bond donors (Lipinski definition) is 2. The first-order valence-corrected chi connectivity index (χ1v) is 8.87. The molecule has 2 unspecified atom stereocenters. The molecule has 0 saturated carbocycles. The van der Waals surface area contributed by atoms with Crippen molar-refractivity contribution in [3.63, 3.8) is 0 Å². The molecule has 0 bridgehead atoms. The topological polar surface area (TPSA) is 59.0 Å². The highest BCUT2D eigenvalue weighted by Gasteiger charge is 2.21. The lowest BCUT2D eigenvalue weighted by Crippen LogP contribution is -2.35. The van der Waals surface area contributed by atoms with Crippen LogP contribution in [0.3, 0.4) is 0 Å². The van der Waals surface area contributed by atoms with Crippen molar-refractivity contribution in [2.45, 2.75) is 32.7 Å². The van der Waals surface area contributed by atoms with Gasteiger partial charge in [0.2, 0.25) is 5.91 Å². The summed E-state index contributed by atoms with van der Waals surface area (Å²) in [6.07, 6.45) is 7.74. The lowest BCUT2D eigenvalue weighted by Gasteiger charge is -2.28. The second-order valence-electron chi connectivity index (χ2n) is 6.82. The fraction of sp³-hybridized carbons (Fsp3) is 0.474. The van der Waals surface area contributed by atoms with Crippen molar-refractivity contribution in [1.29, 1.82) is 0 Å². The standard InChI is InChI=1S/C19H25FN4O/c1-14(16-3-2-6-21-12-16)9-19(25)23-11-15-4-5-18(17(20)10-15)24-8-7-22-13-24/h4-5,7-8,10,13-14,16,21H,2-3,6,9,11-12H2,1H3,(H,23,25). The summed E-state index contributed by atoms with van der Waals surface area (Å²) in [6.45, 7) is 4.55. The van der Waals surface area contributed by atoms with Crippen LogP contribution in [0.25, 0.3) is 5.69 Å². The van der Waals surface area contributed by atoms with E-state index < -0.39 is 0 Å². The lowest BCUT2D eigenvalue weighted by molar-refractivity contribution is -0.122. The number of imidazole rings is 1. The molecule has 0 aliphatic carbocycles. The summed E-state index contributed by atoms with van der Waals surface area (Å²) in [5.74, 6) is 0.614. The first kappa shape index (κ1) is 17.6. The van der Waals surface area contributed by atoms with E-state index in [1.165, 1.54) is 18.9 Å². The van der Waals surface area contributed by atoms with E-state index in [1.54, 1.807) is 29.4 Å². The van der Waals surface area contributed by atoms with Crippen molar-refractivity contribution in [2.75, 3.05) is 13.1 Å². The summed E-state index contributed by atoms with van der Waals surface area (Å²) in [5, 5.41) is 6.30. The number of carbonyl (C=O) groups excluding carboxylic acids is 1. The van der Waals surface area contributed by atoms with Gasteiger partial charge in [-0.05, 0) is 55.5 Å². The maximum Gasteiger partial charge on any atom is 0.220 e. The quantitative estimate of drug-likeness (QED) is 0.847. The number of carbonyl (C=O) groups is 1. The normalized spacial score (nSPS) is 18.7. The highest BCUT2D eigenvalue weighted by atomic mass is 19.1. The van der Waals surface area contributed by atoms with Gasteiger partial charge in [0.05, 0.1) is 12.0 Å². The molecule has 2 heterocycles. The smallest absolute Gasteiger partial charge is 0.220 e. The zero-order valence-electron chi connectivity index (χ0n) is 14.5. The van der Waals surface area contributed by atoms with Gasteiger partial charge in [-0.2, -0.15) is 0 Å². The monoisotopic (exact) mass is 344 g/mol. The van der Waals surface area contributed by atoms with Gasteiger partial charge in [0.25, 0.3) is 0 Å². The van der Waals surface area contributed by atoms with Gasteiger partial charge in [0, 0.05) is 25.4 Å². The SMILES string of the molecule is CC(CC(=O)NCc1ccc(-n2ccnc2)c(F)c1)C1CCCNC1. The zero-order chi connectivity index (χ0) is 17.6. The third-order valence-electron chi connectivity index (χ3n) is 4.93. The molecular weight excluding hydrogens is 319 g/mol. The van der Waals surface area contributed by atoms with Crippen LogP contribution in [0.5, 0.6) is 0 Å². The van der Waals surface area contributed by atoms with Gasteiger partial charge in [-0.25, -0.2) is 9.37 Å². The van der Waals surface area contributed by atoms with E-state index in [9.17, 15) is 9.18 Å². The van der Waals surface area contributed by atoms with E-state index in [0.29, 0.717) is 30.5 Å². The molecular formula is C19H25FN4O. The van der Waals surface area contributed by atoms with Crippen LogP contribution in [-0.2, 0) is 11.3 Å². The van der Waals surface area contributed by atoms with Crippen LogP contribution >= 0.6 is 0 Å². The molecule has 2 aromatic rings. The summed E-state index contributed by atoms with van der Waals surface area (Å²) in [6, 6.07) is 4.99. The molecule has 25 heavy (non-hydrogen) atoms. The number of rotatable bonds is 6.